The molecule has 0 aliphatic rings. The highest BCUT2D eigenvalue weighted by molar-refractivity contribution is 7.71. The van der Waals surface area contributed by atoms with E-state index >= 15 is 0 Å². The minimum Gasteiger partial charge on any atom is -0.494 e. The highest BCUT2D eigenvalue weighted by Crippen LogP contribution is 2.12. The summed E-state index contributed by atoms with van der Waals surface area (Å²) in [5, 5.41) is 11.3. The standard InChI is InChI=1S/C18H17FN4OS/c1-2-24-16-9-5-14(6-10-16)12-20-23-17(21-22-18(23)25)11-13-3-7-15(19)8-4-13/h3-10,12H,2,11H2,1H3,(H,22,25)/b20-12-. The van der Waals surface area contributed by atoms with Crippen LogP contribution in [0.2, 0.25) is 0 Å². The van der Waals surface area contributed by atoms with Crippen LogP contribution in [0.25, 0.3) is 0 Å². The first-order valence-electron chi connectivity index (χ1n) is 7.83. The van der Waals surface area contributed by atoms with E-state index in [2.05, 4.69) is 15.3 Å². The molecule has 7 heteroatoms. The number of halogens is 1. The fourth-order valence-electron chi connectivity index (χ4n) is 2.28. The van der Waals surface area contributed by atoms with Crippen molar-refractivity contribution >= 4 is 18.4 Å². The first-order valence-corrected chi connectivity index (χ1v) is 8.24. The lowest BCUT2D eigenvalue weighted by molar-refractivity contribution is 0.340. The van der Waals surface area contributed by atoms with Crippen molar-refractivity contribution in [2.75, 3.05) is 6.61 Å². The van der Waals surface area contributed by atoms with Gasteiger partial charge in [0.1, 0.15) is 11.6 Å². The van der Waals surface area contributed by atoms with E-state index in [9.17, 15) is 4.39 Å². The molecule has 1 aromatic heterocycles. The maximum absolute atomic E-state index is 13.0. The van der Waals surface area contributed by atoms with Crippen LogP contribution in [0, 0.1) is 10.6 Å². The van der Waals surface area contributed by atoms with Gasteiger partial charge in [0.05, 0.1) is 12.8 Å². The van der Waals surface area contributed by atoms with Crippen LogP contribution < -0.4 is 4.74 Å². The fourth-order valence-corrected chi connectivity index (χ4v) is 2.48. The van der Waals surface area contributed by atoms with E-state index in [0.717, 1.165) is 16.9 Å². The molecule has 0 radical (unpaired) electrons. The monoisotopic (exact) mass is 356 g/mol. The summed E-state index contributed by atoms with van der Waals surface area (Å²) in [5.41, 5.74) is 1.84. The minimum absolute atomic E-state index is 0.267. The zero-order valence-corrected chi connectivity index (χ0v) is 14.5. The quantitative estimate of drug-likeness (QED) is 0.537. The average molecular weight is 356 g/mol. The lowest BCUT2D eigenvalue weighted by Gasteiger charge is -2.03. The van der Waals surface area contributed by atoms with Crippen molar-refractivity contribution in [3.05, 3.63) is 76.1 Å². The number of rotatable bonds is 6. The molecular formula is C18H17FN4OS. The van der Waals surface area contributed by atoms with Gasteiger partial charge in [0.2, 0.25) is 4.77 Å². The van der Waals surface area contributed by atoms with Gasteiger partial charge in [-0.1, -0.05) is 12.1 Å². The molecule has 0 fully saturated rings. The Balaban J connectivity index is 1.79. The number of nitrogens with one attached hydrogen (secondary N) is 1. The van der Waals surface area contributed by atoms with E-state index < -0.39 is 0 Å². The second-order valence-corrected chi connectivity index (χ2v) is 5.69. The van der Waals surface area contributed by atoms with Crippen molar-refractivity contribution in [2.24, 2.45) is 5.10 Å². The molecule has 0 aliphatic heterocycles. The Bertz CT molecular complexity index is 913. The van der Waals surface area contributed by atoms with Gasteiger partial charge in [0.15, 0.2) is 5.82 Å². The molecule has 0 bridgehead atoms. The normalized spacial score (nSPS) is 11.1. The van der Waals surface area contributed by atoms with Crippen molar-refractivity contribution in [3.63, 3.8) is 0 Å². The van der Waals surface area contributed by atoms with Gasteiger partial charge >= 0.3 is 0 Å². The summed E-state index contributed by atoms with van der Waals surface area (Å²) < 4.78 is 20.4. The third-order valence-electron chi connectivity index (χ3n) is 3.51. The number of hydrogen-bond acceptors (Lipinski definition) is 4. The van der Waals surface area contributed by atoms with Crippen molar-refractivity contribution in [1.29, 1.82) is 0 Å². The number of benzene rings is 2. The van der Waals surface area contributed by atoms with E-state index in [-0.39, 0.29) is 5.82 Å². The maximum atomic E-state index is 13.0. The molecule has 0 unspecified atom stereocenters. The maximum Gasteiger partial charge on any atom is 0.216 e. The van der Waals surface area contributed by atoms with Crippen molar-refractivity contribution in [2.45, 2.75) is 13.3 Å². The number of aromatic amines is 1. The van der Waals surface area contributed by atoms with E-state index in [4.69, 9.17) is 17.0 Å². The Labute approximate surface area is 149 Å². The van der Waals surface area contributed by atoms with Crippen LogP contribution in [0.5, 0.6) is 5.75 Å². The summed E-state index contributed by atoms with van der Waals surface area (Å²) in [6.07, 6.45) is 2.20. The Morgan fingerprint density at radius 1 is 1.20 bits per heavy atom. The summed E-state index contributed by atoms with van der Waals surface area (Å²) in [5.74, 6) is 1.20. The van der Waals surface area contributed by atoms with E-state index in [1.54, 1.807) is 23.0 Å². The molecule has 0 saturated carbocycles. The predicted octanol–water partition coefficient (Wildman–Crippen LogP) is 3.95. The number of nitrogens with zero attached hydrogens (tertiary/aromatic N) is 3. The lowest BCUT2D eigenvalue weighted by Crippen LogP contribution is -2.00. The topological polar surface area (TPSA) is 55.2 Å². The third kappa shape index (κ3) is 4.39. The second-order valence-electron chi connectivity index (χ2n) is 5.31. The summed E-state index contributed by atoms with van der Waals surface area (Å²) in [7, 11) is 0. The molecular weight excluding hydrogens is 339 g/mol. The summed E-state index contributed by atoms with van der Waals surface area (Å²) >= 11 is 5.23. The van der Waals surface area contributed by atoms with Crippen LogP contribution >= 0.6 is 12.2 Å². The SMILES string of the molecule is CCOc1ccc(/C=N\n2c(Cc3ccc(F)cc3)n[nH]c2=S)cc1. The molecule has 0 saturated heterocycles. The predicted molar refractivity (Wildman–Crippen MR) is 97.2 cm³/mol. The van der Waals surface area contributed by atoms with Crippen LogP contribution in [0.4, 0.5) is 4.39 Å². The van der Waals surface area contributed by atoms with E-state index in [1.807, 2.05) is 31.2 Å². The van der Waals surface area contributed by atoms with Gasteiger partial charge in [0, 0.05) is 6.42 Å². The molecule has 0 atom stereocenters. The molecule has 0 aliphatic carbocycles. The Kier molecular flexibility index (Phi) is 5.35. The van der Waals surface area contributed by atoms with Gasteiger partial charge in [-0.2, -0.15) is 14.9 Å². The Morgan fingerprint density at radius 3 is 2.60 bits per heavy atom. The van der Waals surface area contributed by atoms with Crippen LogP contribution in [0.15, 0.2) is 53.6 Å². The zero-order chi connectivity index (χ0) is 17.6. The lowest BCUT2D eigenvalue weighted by atomic mass is 10.1. The van der Waals surface area contributed by atoms with E-state index in [1.165, 1.54) is 12.1 Å². The Morgan fingerprint density at radius 2 is 1.92 bits per heavy atom. The largest absolute Gasteiger partial charge is 0.494 e. The minimum atomic E-state index is -0.267. The number of aromatic nitrogens is 3. The summed E-state index contributed by atoms with van der Waals surface area (Å²) in [4.78, 5) is 0. The smallest absolute Gasteiger partial charge is 0.216 e. The molecule has 1 heterocycles. The van der Waals surface area contributed by atoms with Crippen LogP contribution in [0.3, 0.4) is 0 Å². The summed E-state index contributed by atoms with van der Waals surface area (Å²) in [6, 6.07) is 13.9. The molecule has 0 spiro atoms. The number of H-pyrrole nitrogens is 1. The van der Waals surface area contributed by atoms with Crippen LogP contribution in [-0.2, 0) is 6.42 Å². The molecule has 0 amide bonds. The highest BCUT2D eigenvalue weighted by atomic mass is 32.1. The second kappa shape index (κ2) is 7.85. The average Bonchev–Trinajstić information content (AvgIpc) is 2.96. The first-order chi connectivity index (χ1) is 12.2. The van der Waals surface area contributed by atoms with Crippen LogP contribution in [-0.4, -0.2) is 27.7 Å². The molecule has 1 N–H and O–H groups in total. The van der Waals surface area contributed by atoms with Crippen molar-refractivity contribution in [3.8, 4) is 5.75 Å². The molecule has 128 valence electrons. The molecule has 3 rings (SSSR count). The van der Waals surface area contributed by atoms with Crippen molar-refractivity contribution < 1.29 is 9.13 Å². The van der Waals surface area contributed by atoms with Gasteiger partial charge < -0.3 is 4.74 Å². The fraction of sp³-hybridized carbons (Fsp3) is 0.167. The van der Waals surface area contributed by atoms with Gasteiger partial charge in [-0.3, -0.25) is 5.10 Å². The van der Waals surface area contributed by atoms with Gasteiger partial charge in [0.25, 0.3) is 0 Å². The molecule has 3 aromatic rings. The molecule has 5 nitrogen and oxygen atoms in total. The highest BCUT2D eigenvalue weighted by Gasteiger charge is 2.06. The zero-order valence-electron chi connectivity index (χ0n) is 13.6. The van der Waals surface area contributed by atoms with Gasteiger partial charge in [-0.25, -0.2) is 4.39 Å². The number of hydrogen-bond donors (Lipinski definition) is 1. The first kappa shape index (κ1) is 17.0. The van der Waals surface area contributed by atoms with E-state index in [0.29, 0.717) is 23.6 Å². The van der Waals surface area contributed by atoms with Gasteiger partial charge in [-0.05, 0) is 66.7 Å². The summed E-state index contributed by atoms with van der Waals surface area (Å²) in [6.45, 7) is 2.57. The number of ether oxygens (including phenoxy) is 1. The van der Waals surface area contributed by atoms with Crippen LogP contribution in [0.1, 0.15) is 23.9 Å². The van der Waals surface area contributed by atoms with Crippen molar-refractivity contribution in [1.82, 2.24) is 14.9 Å². The molecule has 25 heavy (non-hydrogen) atoms. The third-order valence-corrected chi connectivity index (χ3v) is 3.77. The molecule has 2 aromatic carbocycles. The Hall–Kier alpha value is -2.80. The van der Waals surface area contributed by atoms with Gasteiger partial charge in [-0.15, -0.1) is 0 Å².